The number of rotatable bonds is 4. The number of carbonyl (C=O) groups is 2. The van der Waals surface area contributed by atoms with Crippen LogP contribution in [0, 0.1) is 13.8 Å². The van der Waals surface area contributed by atoms with Gasteiger partial charge >= 0.3 is 12.1 Å². The third kappa shape index (κ3) is 3.63. The van der Waals surface area contributed by atoms with E-state index in [1.807, 2.05) is 26.0 Å². The number of carboxylic acid groups (broad SMARTS) is 1. The number of benzene rings is 1. The van der Waals surface area contributed by atoms with E-state index in [4.69, 9.17) is 9.47 Å². The molecule has 1 aliphatic rings. The molecule has 1 unspecified atom stereocenters. The minimum atomic E-state index is -1.29. The Morgan fingerprint density at radius 3 is 2.33 bits per heavy atom. The lowest BCUT2D eigenvalue weighted by Gasteiger charge is -2.25. The minimum Gasteiger partial charge on any atom is -0.478 e. The molecule has 6 heteroatoms. The molecule has 1 atom stereocenters. The molecular weight excluding hydrogens is 310 g/mol. The lowest BCUT2D eigenvalue weighted by atomic mass is 9.94. The summed E-state index contributed by atoms with van der Waals surface area (Å²) in [7, 11) is 1.39. The van der Waals surface area contributed by atoms with Crippen LogP contribution in [0.15, 0.2) is 12.1 Å². The maximum Gasteiger partial charge on any atom is 0.409 e. The van der Waals surface area contributed by atoms with E-state index in [0.29, 0.717) is 18.8 Å². The van der Waals surface area contributed by atoms with Gasteiger partial charge < -0.3 is 19.5 Å². The summed E-state index contributed by atoms with van der Waals surface area (Å²) in [5, 5.41) is 9.24. The topological polar surface area (TPSA) is 76.1 Å². The van der Waals surface area contributed by atoms with Gasteiger partial charge in [-0.05, 0) is 50.8 Å². The summed E-state index contributed by atoms with van der Waals surface area (Å²) in [6, 6.07) is 4.04. The summed E-state index contributed by atoms with van der Waals surface area (Å²) >= 11 is 0. The number of aliphatic carboxylic acids is 1. The summed E-state index contributed by atoms with van der Waals surface area (Å²) in [4.78, 5) is 24.6. The molecule has 0 bridgehead atoms. The van der Waals surface area contributed by atoms with Crippen molar-refractivity contribution in [2.75, 3.05) is 20.2 Å². The Labute approximate surface area is 142 Å². The number of aryl methyl sites for hydroxylation is 2. The molecule has 6 nitrogen and oxygen atoms in total. The van der Waals surface area contributed by atoms with Crippen molar-refractivity contribution in [1.29, 1.82) is 0 Å². The van der Waals surface area contributed by atoms with Crippen molar-refractivity contribution in [3.05, 3.63) is 28.8 Å². The van der Waals surface area contributed by atoms with Crippen molar-refractivity contribution < 1.29 is 24.2 Å². The second kappa shape index (κ2) is 6.71. The molecule has 2 rings (SSSR count). The highest BCUT2D eigenvalue weighted by molar-refractivity contribution is 5.77. The number of methoxy groups -OCH3 is 1. The average Bonchev–Trinajstić information content (AvgIpc) is 2.99. The molecule has 1 aliphatic heterocycles. The van der Waals surface area contributed by atoms with E-state index in [-0.39, 0.29) is 12.0 Å². The normalized spacial score (nSPS) is 17.7. The summed E-state index contributed by atoms with van der Waals surface area (Å²) in [6.45, 7) is 8.21. The minimum absolute atomic E-state index is 0.253. The highest BCUT2D eigenvalue weighted by atomic mass is 16.5. The molecule has 1 aromatic rings. The van der Waals surface area contributed by atoms with E-state index in [0.717, 1.165) is 23.1 Å². The third-order valence-corrected chi connectivity index (χ3v) is 4.45. The number of hydrogen-bond acceptors (Lipinski definition) is 4. The Bertz CT molecular complexity index is 630. The van der Waals surface area contributed by atoms with Gasteiger partial charge in [0.25, 0.3) is 0 Å². The molecule has 1 aromatic carbocycles. The third-order valence-electron chi connectivity index (χ3n) is 4.45. The van der Waals surface area contributed by atoms with Crippen LogP contribution in [0.2, 0.25) is 0 Å². The molecule has 1 saturated heterocycles. The molecule has 1 heterocycles. The quantitative estimate of drug-likeness (QED) is 0.915. The summed E-state index contributed by atoms with van der Waals surface area (Å²) in [5.41, 5.74) is 1.65. The first kappa shape index (κ1) is 18.1. The first-order valence-electron chi connectivity index (χ1n) is 8.02. The number of carboxylic acids is 1. The predicted molar refractivity (Wildman–Crippen MR) is 89.6 cm³/mol. The zero-order valence-electron chi connectivity index (χ0n) is 14.9. The van der Waals surface area contributed by atoms with E-state index < -0.39 is 11.6 Å². The molecule has 1 N–H and O–H groups in total. The van der Waals surface area contributed by atoms with Crippen LogP contribution in [0.1, 0.15) is 42.9 Å². The molecule has 0 saturated carbocycles. The molecule has 0 spiro atoms. The Morgan fingerprint density at radius 1 is 1.25 bits per heavy atom. The maximum absolute atomic E-state index is 11.6. The SMILES string of the molecule is COC(=O)N1CCC(c2cc(C)c(OC(C)(C)C(=O)O)c(C)c2)C1. The first-order chi connectivity index (χ1) is 11.2. The Kier molecular flexibility index (Phi) is 5.06. The first-order valence-corrected chi connectivity index (χ1v) is 8.02. The maximum atomic E-state index is 11.6. The van der Waals surface area contributed by atoms with Gasteiger partial charge in [0.15, 0.2) is 5.60 Å². The zero-order valence-corrected chi connectivity index (χ0v) is 14.9. The van der Waals surface area contributed by atoms with E-state index in [2.05, 4.69) is 0 Å². The average molecular weight is 335 g/mol. The van der Waals surface area contributed by atoms with Gasteiger partial charge in [-0.25, -0.2) is 9.59 Å². The van der Waals surface area contributed by atoms with Crippen LogP contribution in [0.3, 0.4) is 0 Å². The van der Waals surface area contributed by atoms with Crippen LogP contribution >= 0.6 is 0 Å². The van der Waals surface area contributed by atoms with Gasteiger partial charge in [0.05, 0.1) is 7.11 Å². The smallest absolute Gasteiger partial charge is 0.409 e. The Balaban J connectivity index is 2.21. The fraction of sp³-hybridized carbons (Fsp3) is 0.556. The summed E-state index contributed by atoms with van der Waals surface area (Å²) in [6.07, 6.45) is 0.587. The molecule has 1 fully saturated rings. The van der Waals surface area contributed by atoms with Crippen LogP contribution in [0.25, 0.3) is 0 Å². The zero-order chi connectivity index (χ0) is 18.1. The molecule has 0 aliphatic carbocycles. The Morgan fingerprint density at radius 2 is 1.83 bits per heavy atom. The van der Waals surface area contributed by atoms with Gasteiger partial charge in [0, 0.05) is 19.0 Å². The van der Waals surface area contributed by atoms with E-state index in [1.165, 1.54) is 21.0 Å². The second-order valence-electron chi connectivity index (χ2n) is 6.80. The highest BCUT2D eigenvalue weighted by Gasteiger charge is 2.32. The standard InChI is InChI=1S/C18H25NO5/c1-11-8-14(13-6-7-19(10-13)17(22)23-5)9-12(2)15(11)24-18(3,4)16(20)21/h8-9,13H,6-7,10H2,1-5H3,(H,20,21). The monoisotopic (exact) mass is 335 g/mol. The fourth-order valence-corrected chi connectivity index (χ4v) is 3.01. The number of hydrogen-bond donors (Lipinski definition) is 1. The van der Waals surface area contributed by atoms with Crippen LogP contribution in [0.4, 0.5) is 4.79 Å². The molecule has 0 radical (unpaired) electrons. The lowest BCUT2D eigenvalue weighted by molar-refractivity contribution is -0.152. The van der Waals surface area contributed by atoms with Crippen molar-refractivity contribution in [3.63, 3.8) is 0 Å². The van der Waals surface area contributed by atoms with E-state index in [1.54, 1.807) is 4.90 Å². The summed E-state index contributed by atoms with van der Waals surface area (Å²) < 4.78 is 10.5. The number of amides is 1. The van der Waals surface area contributed by atoms with Crippen molar-refractivity contribution in [2.45, 2.75) is 45.6 Å². The molecule has 0 aromatic heterocycles. The highest BCUT2D eigenvalue weighted by Crippen LogP contribution is 2.34. The van der Waals surface area contributed by atoms with Crippen LogP contribution in [0.5, 0.6) is 5.75 Å². The van der Waals surface area contributed by atoms with Crippen LogP contribution in [-0.4, -0.2) is 47.9 Å². The van der Waals surface area contributed by atoms with Crippen molar-refractivity contribution in [3.8, 4) is 5.75 Å². The molecule has 1 amide bonds. The second-order valence-corrected chi connectivity index (χ2v) is 6.80. The molecule has 24 heavy (non-hydrogen) atoms. The van der Waals surface area contributed by atoms with E-state index in [9.17, 15) is 14.7 Å². The van der Waals surface area contributed by atoms with E-state index >= 15 is 0 Å². The van der Waals surface area contributed by atoms with Gasteiger partial charge in [0.2, 0.25) is 0 Å². The number of carbonyl (C=O) groups excluding carboxylic acids is 1. The lowest BCUT2D eigenvalue weighted by Crippen LogP contribution is -2.38. The number of ether oxygens (including phenoxy) is 2. The van der Waals surface area contributed by atoms with Crippen LogP contribution < -0.4 is 4.74 Å². The van der Waals surface area contributed by atoms with Gasteiger partial charge in [0.1, 0.15) is 5.75 Å². The molecular formula is C18H25NO5. The Hall–Kier alpha value is -2.24. The number of likely N-dealkylation sites (tertiary alicyclic amines) is 1. The van der Waals surface area contributed by atoms with Gasteiger partial charge in [-0.1, -0.05) is 12.1 Å². The number of nitrogens with zero attached hydrogens (tertiary/aromatic N) is 1. The summed E-state index contributed by atoms with van der Waals surface area (Å²) in [5.74, 6) is -0.146. The molecule has 132 valence electrons. The van der Waals surface area contributed by atoms with Crippen molar-refractivity contribution >= 4 is 12.1 Å². The van der Waals surface area contributed by atoms with Crippen molar-refractivity contribution in [2.24, 2.45) is 0 Å². The van der Waals surface area contributed by atoms with Gasteiger partial charge in [-0.3, -0.25) is 0 Å². The largest absolute Gasteiger partial charge is 0.478 e. The van der Waals surface area contributed by atoms with Crippen LogP contribution in [-0.2, 0) is 9.53 Å². The van der Waals surface area contributed by atoms with Gasteiger partial charge in [-0.15, -0.1) is 0 Å². The van der Waals surface area contributed by atoms with Crippen molar-refractivity contribution in [1.82, 2.24) is 4.90 Å². The predicted octanol–water partition coefficient (Wildman–Crippen LogP) is 3.10. The van der Waals surface area contributed by atoms with Gasteiger partial charge in [-0.2, -0.15) is 0 Å². The fourth-order valence-electron chi connectivity index (χ4n) is 3.01.